The van der Waals surface area contributed by atoms with Crippen molar-refractivity contribution in [2.45, 2.75) is 69.8 Å². The molecular formula is C12H26O6S2. The van der Waals surface area contributed by atoms with Crippen LogP contribution < -0.4 is 0 Å². The molecule has 0 amide bonds. The van der Waals surface area contributed by atoms with Gasteiger partial charge in [-0.2, -0.15) is 16.8 Å². The van der Waals surface area contributed by atoms with Crippen molar-refractivity contribution < 1.29 is 25.9 Å². The standard InChI is InChI=1S/C12H26O6S2/c1-4-6-7-8-9-12(20(16,17)18)10(3)11(5-2)19(13,14)15/h10-12H,4-9H2,1-3H3,(H,13,14,15)(H,16,17,18). The Morgan fingerprint density at radius 1 is 0.850 bits per heavy atom. The topological polar surface area (TPSA) is 109 Å². The first-order chi connectivity index (χ1) is 9.05. The molecule has 0 saturated heterocycles. The first kappa shape index (κ1) is 19.8. The van der Waals surface area contributed by atoms with E-state index in [0.717, 1.165) is 19.3 Å². The van der Waals surface area contributed by atoms with Crippen LogP contribution in [0, 0.1) is 5.92 Å². The molecule has 0 aliphatic heterocycles. The maximum atomic E-state index is 11.5. The summed E-state index contributed by atoms with van der Waals surface area (Å²) in [5, 5.41) is -2.34. The average Bonchev–Trinajstić information content (AvgIpc) is 2.25. The molecule has 0 aromatic rings. The van der Waals surface area contributed by atoms with E-state index in [0.29, 0.717) is 6.42 Å². The summed E-state index contributed by atoms with van der Waals surface area (Å²) < 4.78 is 64.0. The summed E-state index contributed by atoms with van der Waals surface area (Å²) in [6.45, 7) is 5.03. The van der Waals surface area contributed by atoms with Crippen LogP contribution in [0.1, 0.15) is 59.3 Å². The zero-order chi connectivity index (χ0) is 16.0. The summed E-state index contributed by atoms with van der Waals surface area (Å²) in [6, 6.07) is 0. The van der Waals surface area contributed by atoms with Crippen molar-refractivity contribution in [2.75, 3.05) is 0 Å². The van der Waals surface area contributed by atoms with Crippen molar-refractivity contribution in [1.29, 1.82) is 0 Å². The SMILES string of the molecule is CCCCCCC(C(C)C(CC)S(=O)(=O)O)S(=O)(=O)O. The van der Waals surface area contributed by atoms with Crippen molar-refractivity contribution in [3.63, 3.8) is 0 Å². The highest BCUT2D eigenvalue weighted by molar-refractivity contribution is 7.87. The molecule has 0 aromatic carbocycles. The molecule has 20 heavy (non-hydrogen) atoms. The van der Waals surface area contributed by atoms with Crippen LogP contribution in [-0.4, -0.2) is 36.4 Å². The summed E-state index contributed by atoms with van der Waals surface area (Å²) in [6.07, 6.45) is 3.69. The normalized spacial score (nSPS) is 17.6. The van der Waals surface area contributed by atoms with Crippen LogP contribution in [0.2, 0.25) is 0 Å². The highest BCUT2D eigenvalue weighted by Gasteiger charge is 2.38. The van der Waals surface area contributed by atoms with Gasteiger partial charge in [0, 0.05) is 0 Å². The van der Waals surface area contributed by atoms with Crippen LogP contribution in [0.15, 0.2) is 0 Å². The Bertz CT molecular complexity index is 468. The lowest BCUT2D eigenvalue weighted by atomic mass is 9.97. The van der Waals surface area contributed by atoms with Crippen molar-refractivity contribution in [1.82, 2.24) is 0 Å². The lowest BCUT2D eigenvalue weighted by Crippen LogP contribution is -2.39. The first-order valence-corrected chi connectivity index (χ1v) is 9.98. The van der Waals surface area contributed by atoms with E-state index < -0.39 is 36.7 Å². The van der Waals surface area contributed by atoms with Crippen LogP contribution in [0.3, 0.4) is 0 Å². The van der Waals surface area contributed by atoms with Gasteiger partial charge in [-0.25, -0.2) is 0 Å². The Morgan fingerprint density at radius 3 is 1.70 bits per heavy atom. The molecule has 6 nitrogen and oxygen atoms in total. The molecule has 0 aliphatic carbocycles. The quantitative estimate of drug-likeness (QED) is 0.470. The first-order valence-electron chi connectivity index (χ1n) is 6.98. The molecule has 0 spiro atoms. The van der Waals surface area contributed by atoms with Crippen molar-refractivity contribution >= 4 is 20.2 Å². The van der Waals surface area contributed by atoms with Crippen LogP contribution in [0.25, 0.3) is 0 Å². The summed E-state index contributed by atoms with van der Waals surface area (Å²) in [5.74, 6) is -0.855. The molecule has 3 unspecified atom stereocenters. The van der Waals surface area contributed by atoms with Gasteiger partial charge in [0.25, 0.3) is 20.2 Å². The average molecular weight is 330 g/mol. The van der Waals surface area contributed by atoms with Crippen LogP contribution >= 0.6 is 0 Å². The molecule has 2 N–H and O–H groups in total. The zero-order valence-corrected chi connectivity index (χ0v) is 14.0. The van der Waals surface area contributed by atoms with E-state index in [-0.39, 0.29) is 12.8 Å². The predicted octanol–water partition coefficient (Wildman–Crippen LogP) is 2.52. The number of hydrogen-bond donors (Lipinski definition) is 2. The van der Waals surface area contributed by atoms with E-state index in [4.69, 9.17) is 4.55 Å². The van der Waals surface area contributed by atoms with E-state index in [1.54, 1.807) is 6.92 Å². The molecular weight excluding hydrogens is 304 g/mol. The van der Waals surface area contributed by atoms with Gasteiger partial charge in [-0.1, -0.05) is 46.5 Å². The lowest BCUT2D eigenvalue weighted by Gasteiger charge is -2.26. The maximum absolute atomic E-state index is 11.5. The Balaban J connectivity index is 5.04. The van der Waals surface area contributed by atoms with Gasteiger partial charge in [-0.05, 0) is 18.8 Å². The van der Waals surface area contributed by atoms with Gasteiger partial charge in [0.2, 0.25) is 0 Å². The van der Waals surface area contributed by atoms with E-state index in [9.17, 15) is 21.4 Å². The lowest BCUT2D eigenvalue weighted by molar-refractivity contribution is 0.379. The van der Waals surface area contributed by atoms with Gasteiger partial charge in [-0.3, -0.25) is 9.11 Å². The number of rotatable bonds is 10. The van der Waals surface area contributed by atoms with Gasteiger partial charge in [0.15, 0.2) is 0 Å². The monoisotopic (exact) mass is 330 g/mol. The molecule has 0 heterocycles. The Hall–Kier alpha value is -0.180. The molecule has 122 valence electrons. The Kier molecular flexibility index (Phi) is 8.23. The zero-order valence-electron chi connectivity index (χ0n) is 12.3. The smallest absolute Gasteiger partial charge is 0.268 e. The van der Waals surface area contributed by atoms with Gasteiger partial charge in [0.1, 0.15) is 0 Å². The predicted molar refractivity (Wildman–Crippen MR) is 78.9 cm³/mol. The molecule has 8 heteroatoms. The minimum atomic E-state index is -4.34. The molecule has 0 radical (unpaired) electrons. The van der Waals surface area contributed by atoms with E-state index in [2.05, 4.69) is 0 Å². The molecule has 3 atom stereocenters. The van der Waals surface area contributed by atoms with Crippen LogP contribution in [0.4, 0.5) is 0 Å². The largest absolute Gasteiger partial charge is 0.285 e. The third-order valence-electron chi connectivity index (χ3n) is 3.68. The van der Waals surface area contributed by atoms with Crippen molar-refractivity contribution in [3.05, 3.63) is 0 Å². The van der Waals surface area contributed by atoms with E-state index in [1.165, 1.54) is 6.92 Å². The Morgan fingerprint density at radius 2 is 1.35 bits per heavy atom. The molecule has 0 aromatic heterocycles. The maximum Gasteiger partial charge on any atom is 0.268 e. The van der Waals surface area contributed by atoms with E-state index >= 15 is 0 Å². The second kappa shape index (κ2) is 8.31. The van der Waals surface area contributed by atoms with Gasteiger partial charge >= 0.3 is 0 Å². The highest BCUT2D eigenvalue weighted by Crippen LogP contribution is 2.27. The van der Waals surface area contributed by atoms with Gasteiger partial charge in [-0.15, -0.1) is 0 Å². The second-order valence-corrected chi connectivity index (χ2v) is 8.49. The minimum absolute atomic E-state index is 0.0982. The third kappa shape index (κ3) is 6.51. The number of hydrogen-bond acceptors (Lipinski definition) is 4. The molecule has 0 saturated carbocycles. The second-order valence-electron chi connectivity index (χ2n) is 5.22. The molecule has 0 rings (SSSR count). The summed E-state index contributed by atoms with van der Waals surface area (Å²) in [5.41, 5.74) is 0. The molecule has 0 aliphatic rings. The fourth-order valence-electron chi connectivity index (χ4n) is 2.55. The number of unbranched alkanes of at least 4 members (excludes halogenated alkanes) is 3. The summed E-state index contributed by atoms with van der Waals surface area (Å²) >= 11 is 0. The summed E-state index contributed by atoms with van der Waals surface area (Å²) in [7, 11) is -8.67. The summed E-state index contributed by atoms with van der Waals surface area (Å²) in [4.78, 5) is 0. The Labute approximate surface area is 122 Å². The van der Waals surface area contributed by atoms with Gasteiger partial charge < -0.3 is 0 Å². The van der Waals surface area contributed by atoms with Crippen molar-refractivity contribution in [3.8, 4) is 0 Å². The molecule has 0 fully saturated rings. The highest BCUT2D eigenvalue weighted by atomic mass is 32.2. The third-order valence-corrected chi connectivity index (χ3v) is 6.64. The molecule has 0 bridgehead atoms. The fraction of sp³-hybridized carbons (Fsp3) is 1.00. The van der Waals surface area contributed by atoms with Crippen molar-refractivity contribution in [2.24, 2.45) is 5.92 Å². The fourth-order valence-corrected chi connectivity index (χ4v) is 5.00. The van der Waals surface area contributed by atoms with Gasteiger partial charge in [0.05, 0.1) is 10.5 Å². The van der Waals surface area contributed by atoms with Crippen LogP contribution in [-0.2, 0) is 20.2 Å². The van der Waals surface area contributed by atoms with Crippen LogP contribution in [0.5, 0.6) is 0 Å². The van der Waals surface area contributed by atoms with E-state index in [1.807, 2.05) is 6.92 Å². The minimum Gasteiger partial charge on any atom is -0.285 e.